The minimum Gasteiger partial charge on any atom is -0.334 e. The smallest absolute Gasteiger partial charge is 0.263 e. The van der Waals surface area contributed by atoms with Crippen LogP contribution >= 0.6 is 0 Å². The predicted octanol–water partition coefficient (Wildman–Crippen LogP) is 1.59. The first-order chi connectivity index (χ1) is 11.1. The number of piperidine rings is 1. The van der Waals surface area contributed by atoms with Gasteiger partial charge in [-0.15, -0.1) is 0 Å². The molecule has 23 heavy (non-hydrogen) atoms. The Hall–Kier alpha value is -2.37. The van der Waals surface area contributed by atoms with Gasteiger partial charge < -0.3 is 9.47 Å². The molecule has 2 aromatic heterocycles. The van der Waals surface area contributed by atoms with Crippen LogP contribution in [-0.4, -0.2) is 37.7 Å². The molecule has 6 nitrogen and oxygen atoms in total. The molecule has 0 N–H and O–H groups in total. The van der Waals surface area contributed by atoms with Gasteiger partial charge in [0.15, 0.2) is 0 Å². The number of carbonyl (C=O) groups excluding carboxylic acids is 1. The molecule has 1 saturated heterocycles. The first kappa shape index (κ1) is 15.5. The summed E-state index contributed by atoms with van der Waals surface area (Å²) in [5, 5.41) is 4.23. The van der Waals surface area contributed by atoms with E-state index in [2.05, 4.69) is 5.10 Å². The van der Waals surface area contributed by atoms with Crippen molar-refractivity contribution in [2.45, 2.75) is 38.8 Å². The van der Waals surface area contributed by atoms with Crippen LogP contribution in [0.15, 0.2) is 35.4 Å². The molecule has 1 amide bonds. The van der Waals surface area contributed by atoms with Gasteiger partial charge in [0.2, 0.25) is 0 Å². The van der Waals surface area contributed by atoms with Crippen molar-refractivity contribution in [1.82, 2.24) is 19.2 Å². The summed E-state index contributed by atoms with van der Waals surface area (Å²) in [5.74, 6) is -0.164. The van der Waals surface area contributed by atoms with Gasteiger partial charge in [-0.3, -0.25) is 14.3 Å². The average molecular weight is 314 g/mol. The number of aromatic nitrogens is 3. The van der Waals surface area contributed by atoms with Crippen LogP contribution in [-0.2, 0) is 13.6 Å². The van der Waals surface area contributed by atoms with Crippen molar-refractivity contribution in [3.63, 3.8) is 0 Å². The molecule has 3 heterocycles. The number of aryl methyl sites for hydroxylation is 1. The lowest BCUT2D eigenvalue weighted by molar-refractivity contribution is 0.0581. The Labute approximate surface area is 135 Å². The van der Waals surface area contributed by atoms with E-state index >= 15 is 0 Å². The summed E-state index contributed by atoms with van der Waals surface area (Å²) in [4.78, 5) is 27.1. The Balaban J connectivity index is 1.87. The van der Waals surface area contributed by atoms with Crippen LogP contribution in [0.3, 0.4) is 0 Å². The Morgan fingerprint density at radius 3 is 2.91 bits per heavy atom. The summed E-state index contributed by atoms with van der Waals surface area (Å²) in [6.45, 7) is 3.23. The van der Waals surface area contributed by atoms with Crippen LogP contribution in [0.25, 0.3) is 0 Å². The first-order valence-corrected chi connectivity index (χ1v) is 8.03. The Morgan fingerprint density at radius 1 is 1.35 bits per heavy atom. The van der Waals surface area contributed by atoms with Crippen LogP contribution in [0.5, 0.6) is 0 Å². The second kappa shape index (κ2) is 6.40. The molecule has 1 aliphatic rings. The van der Waals surface area contributed by atoms with Crippen molar-refractivity contribution in [1.29, 1.82) is 0 Å². The van der Waals surface area contributed by atoms with Crippen molar-refractivity contribution in [3.05, 3.63) is 52.2 Å². The number of hydrogen-bond acceptors (Lipinski definition) is 3. The van der Waals surface area contributed by atoms with E-state index in [4.69, 9.17) is 0 Å². The van der Waals surface area contributed by atoms with Gasteiger partial charge in [0.1, 0.15) is 5.56 Å². The van der Waals surface area contributed by atoms with E-state index in [0.717, 1.165) is 25.0 Å². The highest BCUT2D eigenvalue weighted by molar-refractivity contribution is 5.94. The lowest BCUT2D eigenvalue weighted by Gasteiger charge is -2.35. The SMILES string of the molecule is Cc1ccc(C(=O)N2CCCC[C@H]2Cn2cccn2)c(=O)n1C. The molecular formula is C17H22N4O2. The number of rotatable bonds is 3. The number of likely N-dealkylation sites (tertiary alicyclic amines) is 1. The fourth-order valence-corrected chi connectivity index (χ4v) is 3.13. The molecule has 1 atom stereocenters. The number of pyridine rings is 1. The first-order valence-electron chi connectivity index (χ1n) is 8.03. The number of nitrogens with zero attached hydrogens (tertiary/aromatic N) is 4. The van der Waals surface area contributed by atoms with Gasteiger partial charge in [-0.1, -0.05) is 0 Å². The molecule has 0 unspecified atom stereocenters. The van der Waals surface area contributed by atoms with E-state index in [1.54, 1.807) is 19.3 Å². The third-order valence-corrected chi connectivity index (χ3v) is 4.63. The summed E-state index contributed by atoms with van der Waals surface area (Å²) >= 11 is 0. The van der Waals surface area contributed by atoms with Crippen LogP contribution in [0.4, 0.5) is 0 Å². The zero-order chi connectivity index (χ0) is 16.4. The van der Waals surface area contributed by atoms with E-state index in [-0.39, 0.29) is 23.1 Å². The minimum atomic E-state index is -0.224. The zero-order valence-corrected chi connectivity index (χ0v) is 13.6. The highest BCUT2D eigenvalue weighted by Crippen LogP contribution is 2.20. The predicted molar refractivity (Wildman–Crippen MR) is 87.3 cm³/mol. The highest BCUT2D eigenvalue weighted by Gasteiger charge is 2.29. The Bertz CT molecular complexity index is 748. The van der Waals surface area contributed by atoms with Crippen molar-refractivity contribution in [2.75, 3.05) is 6.54 Å². The summed E-state index contributed by atoms with van der Waals surface area (Å²) in [6, 6.07) is 5.44. The van der Waals surface area contributed by atoms with Gasteiger partial charge in [-0.05, 0) is 44.4 Å². The standard InChI is InChI=1S/C17H22N4O2/c1-13-7-8-15(16(22)19(13)2)17(23)21-11-4-3-6-14(21)12-20-10-5-9-18-20/h5,7-10,14H,3-4,6,11-12H2,1-2H3/t14-/m0/s1. The number of hydrogen-bond donors (Lipinski definition) is 0. The van der Waals surface area contributed by atoms with E-state index in [1.807, 2.05) is 34.8 Å². The van der Waals surface area contributed by atoms with Crippen molar-refractivity contribution in [3.8, 4) is 0 Å². The second-order valence-corrected chi connectivity index (χ2v) is 6.13. The van der Waals surface area contributed by atoms with E-state index < -0.39 is 0 Å². The fraction of sp³-hybridized carbons (Fsp3) is 0.471. The van der Waals surface area contributed by atoms with Crippen LogP contribution in [0.1, 0.15) is 35.3 Å². The normalized spacial score (nSPS) is 18.2. The molecule has 1 aliphatic heterocycles. The minimum absolute atomic E-state index is 0.0853. The monoisotopic (exact) mass is 314 g/mol. The molecule has 0 aliphatic carbocycles. The maximum absolute atomic E-state index is 12.9. The van der Waals surface area contributed by atoms with Gasteiger partial charge in [0.05, 0.1) is 12.6 Å². The molecule has 0 bridgehead atoms. The van der Waals surface area contributed by atoms with Gasteiger partial charge in [-0.25, -0.2) is 0 Å². The average Bonchev–Trinajstić information content (AvgIpc) is 3.06. The third kappa shape index (κ3) is 3.06. The largest absolute Gasteiger partial charge is 0.334 e. The quantitative estimate of drug-likeness (QED) is 0.864. The Kier molecular flexibility index (Phi) is 4.32. The molecule has 1 fully saturated rings. The maximum Gasteiger partial charge on any atom is 0.263 e. The molecule has 0 saturated carbocycles. The third-order valence-electron chi connectivity index (χ3n) is 4.63. The molecular weight excluding hydrogens is 292 g/mol. The number of amides is 1. The summed E-state index contributed by atoms with van der Waals surface area (Å²) in [7, 11) is 1.70. The van der Waals surface area contributed by atoms with Crippen molar-refractivity contribution in [2.24, 2.45) is 7.05 Å². The maximum atomic E-state index is 12.9. The van der Waals surface area contributed by atoms with Gasteiger partial charge in [0.25, 0.3) is 11.5 Å². The van der Waals surface area contributed by atoms with Gasteiger partial charge >= 0.3 is 0 Å². The van der Waals surface area contributed by atoms with Gasteiger partial charge in [-0.2, -0.15) is 5.10 Å². The molecule has 0 radical (unpaired) electrons. The van der Waals surface area contributed by atoms with Crippen LogP contribution < -0.4 is 5.56 Å². The lowest BCUT2D eigenvalue weighted by Crippen LogP contribution is -2.47. The molecule has 2 aromatic rings. The van der Waals surface area contributed by atoms with Crippen molar-refractivity contribution < 1.29 is 4.79 Å². The van der Waals surface area contributed by atoms with Crippen LogP contribution in [0.2, 0.25) is 0 Å². The molecule has 0 aromatic carbocycles. The second-order valence-electron chi connectivity index (χ2n) is 6.13. The molecule has 6 heteroatoms. The topological polar surface area (TPSA) is 60.1 Å². The summed E-state index contributed by atoms with van der Waals surface area (Å²) in [5.41, 5.74) is 0.877. The fourth-order valence-electron chi connectivity index (χ4n) is 3.13. The summed E-state index contributed by atoms with van der Waals surface area (Å²) in [6.07, 6.45) is 6.67. The van der Waals surface area contributed by atoms with E-state index in [9.17, 15) is 9.59 Å². The van der Waals surface area contributed by atoms with E-state index in [0.29, 0.717) is 13.1 Å². The highest BCUT2D eigenvalue weighted by atomic mass is 16.2. The number of carbonyl (C=O) groups is 1. The van der Waals surface area contributed by atoms with Crippen LogP contribution in [0, 0.1) is 6.92 Å². The van der Waals surface area contributed by atoms with E-state index in [1.165, 1.54) is 4.57 Å². The molecule has 3 rings (SSSR count). The lowest BCUT2D eigenvalue weighted by atomic mass is 10.0. The molecule has 0 spiro atoms. The van der Waals surface area contributed by atoms with Crippen molar-refractivity contribution >= 4 is 5.91 Å². The molecule has 122 valence electrons. The Morgan fingerprint density at radius 2 is 2.17 bits per heavy atom. The summed E-state index contributed by atoms with van der Waals surface area (Å²) < 4.78 is 3.38. The van der Waals surface area contributed by atoms with Gasteiger partial charge in [0, 0.05) is 31.7 Å². The zero-order valence-electron chi connectivity index (χ0n) is 13.6.